The fourth-order valence-corrected chi connectivity index (χ4v) is 3.13. The molecule has 1 aromatic carbocycles. The lowest BCUT2D eigenvalue weighted by Crippen LogP contribution is -2.31. The Morgan fingerprint density at radius 1 is 1.21 bits per heavy atom. The first-order valence-electron chi connectivity index (χ1n) is 4.71. The van der Waals surface area contributed by atoms with Gasteiger partial charge in [0.05, 0.1) is 0 Å². The number of hydrogen-bond acceptors (Lipinski definition) is 1. The molecule has 14 heavy (non-hydrogen) atoms. The molecule has 0 saturated heterocycles. The molecule has 78 valence electrons. The van der Waals surface area contributed by atoms with Crippen molar-refractivity contribution in [2.45, 2.75) is 19.9 Å². The van der Waals surface area contributed by atoms with E-state index in [0.717, 1.165) is 5.30 Å². The Morgan fingerprint density at radius 3 is 2.21 bits per heavy atom. The van der Waals surface area contributed by atoms with Gasteiger partial charge < -0.3 is 0 Å². The summed E-state index contributed by atoms with van der Waals surface area (Å²) in [6, 6.07) is 9.62. The molecule has 3 nitrogen and oxygen atoms in total. The van der Waals surface area contributed by atoms with Gasteiger partial charge in [0.2, 0.25) is 7.44 Å². The smallest absolute Gasteiger partial charge is 0.240 e. The summed E-state index contributed by atoms with van der Waals surface area (Å²) in [5.41, 5.74) is 0. The summed E-state index contributed by atoms with van der Waals surface area (Å²) in [7, 11) is -0.897. The summed E-state index contributed by atoms with van der Waals surface area (Å²) >= 11 is 0. The molecule has 4 heteroatoms. The first-order chi connectivity index (χ1) is 6.58. The molecule has 1 atom stereocenters. The predicted molar refractivity (Wildman–Crippen MR) is 61.0 cm³/mol. The lowest BCUT2D eigenvalue weighted by Gasteiger charge is -2.21. The van der Waals surface area contributed by atoms with Gasteiger partial charge in [-0.3, -0.25) is 9.65 Å². The first kappa shape index (κ1) is 11.4. The third-order valence-corrected chi connectivity index (χ3v) is 4.41. The maximum absolute atomic E-state index is 12.4. The molecule has 0 heterocycles. The fourth-order valence-electron chi connectivity index (χ4n) is 1.27. The van der Waals surface area contributed by atoms with Gasteiger partial charge in [-0.2, -0.15) is 0 Å². The molecule has 0 spiro atoms. The molecular formula is C10H17N2OP. The minimum atomic E-state index is -2.61. The Morgan fingerprint density at radius 2 is 1.79 bits per heavy atom. The van der Waals surface area contributed by atoms with Gasteiger partial charge in [-0.05, 0) is 33.0 Å². The third kappa shape index (κ3) is 2.68. The normalized spacial score (nSPS) is 15.4. The molecule has 0 amide bonds. The van der Waals surface area contributed by atoms with Crippen LogP contribution >= 0.6 is 7.44 Å². The molecule has 0 bridgehead atoms. The Bertz CT molecular complexity index is 324. The van der Waals surface area contributed by atoms with Crippen molar-refractivity contribution in [3.63, 3.8) is 0 Å². The Labute approximate surface area is 85.4 Å². The monoisotopic (exact) mass is 212 g/mol. The van der Waals surface area contributed by atoms with Gasteiger partial charge in [-0.1, -0.05) is 18.2 Å². The second kappa shape index (κ2) is 4.74. The van der Waals surface area contributed by atoms with E-state index in [1.807, 2.05) is 44.2 Å². The molecule has 1 unspecified atom stereocenters. The summed E-state index contributed by atoms with van der Waals surface area (Å²) < 4.78 is 12.4. The first-order valence-corrected chi connectivity index (χ1v) is 6.41. The number of hydrogen-bond donors (Lipinski definition) is 2. The average molecular weight is 212 g/mol. The van der Waals surface area contributed by atoms with Gasteiger partial charge in [-0.25, -0.2) is 5.09 Å². The van der Waals surface area contributed by atoms with Gasteiger partial charge in [0.25, 0.3) is 0 Å². The van der Waals surface area contributed by atoms with Gasteiger partial charge in [-0.15, -0.1) is 0 Å². The fraction of sp³-hybridized carbons (Fsp3) is 0.400. The largest absolute Gasteiger partial charge is 0.284 e. The van der Waals surface area contributed by atoms with Crippen LogP contribution in [0.2, 0.25) is 0 Å². The second-order valence-electron chi connectivity index (χ2n) is 3.45. The van der Waals surface area contributed by atoms with E-state index in [9.17, 15) is 4.57 Å². The second-order valence-corrected chi connectivity index (χ2v) is 5.89. The summed E-state index contributed by atoms with van der Waals surface area (Å²) in [6.07, 6.45) is 0. The Balaban J connectivity index is 2.97. The van der Waals surface area contributed by atoms with Crippen LogP contribution in [0, 0.1) is 0 Å². The van der Waals surface area contributed by atoms with Gasteiger partial charge in [0, 0.05) is 11.3 Å². The molecule has 0 radical (unpaired) electrons. The predicted octanol–water partition coefficient (Wildman–Crippen LogP) is 1.72. The van der Waals surface area contributed by atoms with E-state index in [0.29, 0.717) is 0 Å². The highest BCUT2D eigenvalue weighted by atomic mass is 31.2. The Kier molecular flexibility index (Phi) is 3.87. The van der Waals surface area contributed by atoms with E-state index in [1.54, 1.807) is 7.05 Å². The molecule has 0 aliphatic heterocycles. The maximum atomic E-state index is 12.4. The van der Waals surface area contributed by atoms with Crippen LogP contribution in [0.5, 0.6) is 0 Å². The SMILES string of the molecule is CNP(=O)(NC(C)C)c1ccccc1. The topological polar surface area (TPSA) is 41.1 Å². The van der Waals surface area contributed by atoms with E-state index in [4.69, 9.17) is 0 Å². The molecule has 0 aromatic heterocycles. The van der Waals surface area contributed by atoms with Crippen molar-refractivity contribution in [2.24, 2.45) is 0 Å². The molecular weight excluding hydrogens is 195 g/mol. The highest BCUT2D eigenvalue weighted by Gasteiger charge is 2.22. The number of rotatable bonds is 4. The minimum Gasteiger partial charge on any atom is -0.284 e. The Hall–Kier alpha value is -0.630. The molecule has 0 aliphatic carbocycles. The third-order valence-electron chi connectivity index (χ3n) is 1.87. The van der Waals surface area contributed by atoms with Crippen molar-refractivity contribution in [3.8, 4) is 0 Å². The zero-order chi connectivity index (χ0) is 10.6. The van der Waals surface area contributed by atoms with Gasteiger partial charge >= 0.3 is 0 Å². The molecule has 0 fully saturated rings. The van der Waals surface area contributed by atoms with Crippen molar-refractivity contribution in [3.05, 3.63) is 30.3 Å². The van der Waals surface area contributed by atoms with Crippen molar-refractivity contribution < 1.29 is 4.57 Å². The number of nitrogens with one attached hydrogen (secondary N) is 2. The van der Waals surface area contributed by atoms with Crippen LogP contribution in [-0.4, -0.2) is 13.1 Å². The van der Waals surface area contributed by atoms with E-state index in [-0.39, 0.29) is 6.04 Å². The van der Waals surface area contributed by atoms with Crippen molar-refractivity contribution in [1.82, 2.24) is 10.2 Å². The standard InChI is InChI=1S/C10H17N2OP/c1-9(2)12-14(13,11-3)10-7-5-4-6-8-10/h4-9H,1-3H3,(H2,11,12,13). The molecule has 2 N–H and O–H groups in total. The summed E-state index contributed by atoms with van der Waals surface area (Å²) in [4.78, 5) is 0. The van der Waals surface area contributed by atoms with E-state index in [1.165, 1.54) is 0 Å². The quantitative estimate of drug-likeness (QED) is 0.747. The minimum absolute atomic E-state index is 0.188. The lowest BCUT2D eigenvalue weighted by molar-refractivity contribution is 0.557. The summed E-state index contributed by atoms with van der Waals surface area (Å²) in [5.74, 6) is 0. The van der Waals surface area contributed by atoms with Crippen LogP contribution in [0.1, 0.15) is 13.8 Å². The molecule has 0 aliphatic rings. The van der Waals surface area contributed by atoms with Crippen LogP contribution in [-0.2, 0) is 4.57 Å². The number of benzene rings is 1. The van der Waals surface area contributed by atoms with E-state index >= 15 is 0 Å². The van der Waals surface area contributed by atoms with Crippen LogP contribution in [0.3, 0.4) is 0 Å². The maximum Gasteiger partial charge on any atom is 0.240 e. The lowest BCUT2D eigenvalue weighted by atomic mass is 10.4. The molecule has 1 rings (SSSR count). The van der Waals surface area contributed by atoms with E-state index in [2.05, 4.69) is 10.2 Å². The van der Waals surface area contributed by atoms with Gasteiger partial charge in [0.15, 0.2) is 0 Å². The highest BCUT2D eigenvalue weighted by molar-refractivity contribution is 7.67. The van der Waals surface area contributed by atoms with E-state index < -0.39 is 7.44 Å². The van der Waals surface area contributed by atoms with Crippen molar-refractivity contribution in [1.29, 1.82) is 0 Å². The van der Waals surface area contributed by atoms with Crippen molar-refractivity contribution >= 4 is 12.7 Å². The summed E-state index contributed by atoms with van der Waals surface area (Å²) in [5, 5.41) is 6.75. The van der Waals surface area contributed by atoms with Crippen LogP contribution in [0.25, 0.3) is 0 Å². The molecule has 1 aromatic rings. The zero-order valence-electron chi connectivity index (χ0n) is 8.82. The average Bonchev–Trinajstić information content (AvgIpc) is 2.18. The highest BCUT2D eigenvalue weighted by Crippen LogP contribution is 2.34. The van der Waals surface area contributed by atoms with Crippen LogP contribution < -0.4 is 15.5 Å². The van der Waals surface area contributed by atoms with Crippen molar-refractivity contribution in [2.75, 3.05) is 7.05 Å². The van der Waals surface area contributed by atoms with Gasteiger partial charge in [0.1, 0.15) is 0 Å². The zero-order valence-corrected chi connectivity index (χ0v) is 9.71. The van der Waals surface area contributed by atoms with Crippen LogP contribution in [0.15, 0.2) is 30.3 Å². The van der Waals surface area contributed by atoms with Crippen LogP contribution in [0.4, 0.5) is 0 Å². The summed E-state index contributed by atoms with van der Waals surface area (Å²) in [6.45, 7) is 3.96. The molecule has 0 saturated carbocycles.